The van der Waals surface area contributed by atoms with E-state index in [0.717, 1.165) is 25.0 Å². The van der Waals surface area contributed by atoms with E-state index in [1.54, 1.807) is 18.2 Å². The van der Waals surface area contributed by atoms with Crippen molar-refractivity contribution in [1.29, 1.82) is 0 Å². The van der Waals surface area contributed by atoms with E-state index in [2.05, 4.69) is 0 Å². The van der Waals surface area contributed by atoms with Crippen LogP contribution in [0.15, 0.2) is 58.5 Å². The molecule has 4 rings (SSSR count). The van der Waals surface area contributed by atoms with Gasteiger partial charge in [0, 0.05) is 31.0 Å². The van der Waals surface area contributed by atoms with Crippen LogP contribution in [-0.2, 0) is 14.6 Å². The minimum absolute atomic E-state index is 0.0419. The number of hydrogen-bond acceptors (Lipinski definition) is 4. The summed E-state index contributed by atoms with van der Waals surface area (Å²) in [6.07, 6.45) is 2.84. The summed E-state index contributed by atoms with van der Waals surface area (Å²) < 4.78 is 53.1. The highest BCUT2D eigenvalue weighted by Gasteiger charge is 2.38. The van der Waals surface area contributed by atoms with Gasteiger partial charge in [0.2, 0.25) is 9.84 Å². The van der Waals surface area contributed by atoms with Gasteiger partial charge in [0.1, 0.15) is 0 Å². The minimum atomic E-state index is -4.02. The highest BCUT2D eigenvalue weighted by Crippen LogP contribution is 2.40. The van der Waals surface area contributed by atoms with Gasteiger partial charge in [-0.2, -0.15) is 0 Å². The number of sulfone groups is 1. The van der Waals surface area contributed by atoms with Gasteiger partial charge < -0.3 is 9.80 Å². The highest BCUT2D eigenvalue weighted by molar-refractivity contribution is 7.96. The van der Waals surface area contributed by atoms with Gasteiger partial charge in [0.25, 0.3) is 5.91 Å². The summed E-state index contributed by atoms with van der Waals surface area (Å²) in [4.78, 5) is 15.3. The Bertz CT molecular complexity index is 1060. The number of benzene rings is 2. The Labute approximate surface area is 155 Å². The van der Waals surface area contributed by atoms with Crippen LogP contribution in [0.4, 0.5) is 20.2 Å². The highest BCUT2D eigenvalue weighted by atomic mass is 32.2. The van der Waals surface area contributed by atoms with Crippen molar-refractivity contribution >= 4 is 27.1 Å². The summed E-state index contributed by atoms with van der Waals surface area (Å²) in [5, 5.41) is 0. The van der Waals surface area contributed by atoms with Crippen molar-refractivity contribution in [3.63, 3.8) is 0 Å². The molecular formula is C19H16F2N2O3S. The Morgan fingerprint density at radius 3 is 2.37 bits per heavy atom. The Kier molecular flexibility index (Phi) is 4.22. The van der Waals surface area contributed by atoms with Gasteiger partial charge in [-0.3, -0.25) is 4.79 Å². The van der Waals surface area contributed by atoms with Crippen LogP contribution < -0.4 is 4.90 Å². The molecule has 2 aliphatic rings. The number of anilines is 2. The van der Waals surface area contributed by atoms with Crippen LogP contribution in [0.3, 0.4) is 0 Å². The van der Waals surface area contributed by atoms with Gasteiger partial charge in [0.05, 0.1) is 10.6 Å². The average molecular weight is 390 g/mol. The molecule has 0 spiro atoms. The molecule has 0 saturated carbocycles. The van der Waals surface area contributed by atoms with E-state index in [9.17, 15) is 22.0 Å². The smallest absolute Gasteiger partial charge is 0.267 e. The molecule has 0 unspecified atom stereocenters. The fourth-order valence-corrected chi connectivity index (χ4v) is 4.89. The topological polar surface area (TPSA) is 57.7 Å². The van der Waals surface area contributed by atoms with E-state index in [0.29, 0.717) is 13.1 Å². The second-order valence-electron chi connectivity index (χ2n) is 6.43. The molecule has 5 nitrogen and oxygen atoms in total. The predicted molar refractivity (Wildman–Crippen MR) is 96.0 cm³/mol. The first-order valence-corrected chi connectivity index (χ1v) is 9.97. The molecule has 2 aromatic rings. The maximum Gasteiger partial charge on any atom is 0.267 e. The number of fused-ring (bicyclic) bond motifs is 1. The first-order chi connectivity index (χ1) is 12.9. The van der Waals surface area contributed by atoms with Gasteiger partial charge in [-0.15, -0.1) is 0 Å². The van der Waals surface area contributed by atoms with Crippen LogP contribution >= 0.6 is 0 Å². The lowest BCUT2D eigenvalue weighted by atomic mass is 10.2. The summed E-state index contributed by atoms with van der Waals surface area (Å²) in [5.41, 5.74) is 0.504. The van der Waals surface area contributed by atoms with Crippen LogP contribution in [0.5, 0.6) is 0 Å². The van der Waals surface area contributed by atoms with E-state index < -0.39 is 27.4 Å². The number of halogens is 2. The molecule has 1 saturated heterocycles. The van der Waals surface area contributed by atoms with Crippen LogP contribution in [0.25, 0.3) is 0 Å². The molecule has 0 bridgehead atoms. The quantitative estimate of drug-likeness (QED) is 0.789. The number of rotatable bonds is 2. The number of carbonyl (C=O) groups excluding carboxylic acids is 1. The predicted octanol–water partition coefficient (Wildman–Crippen LogP) is 3.35. The molecule has 0 aromatic heterocycles. The van der Waals surface area contributed by atoms with Crippen molar-refractivity contribution in [2.24, 2.45) is 0 Å². The molecule has 27 heavy (non-hydrogen) atoms. The van der Waals surface area contributed by atoms with E-state index in [1.165, 1.54) is 28.1 Å². The summed E-state index contributed by atoms with van der Waals surface area (Å²) in [6, 6.07) is 9.43. The minimum Gasteiger partial charge on any atom is -0.338 e. The van der Waals surface area contributed by atoms with Crippen LogP contribution in [0, 0.1) is 11.6 Å². The Hall–Kier alpha value is -2.74. The van der Waals surface area contributed by atoms with E-state index in [1.807, 2.05) is 0 Å². The van der Waals surface area contributed by atoms with Gasteiger partial charge in [-0.1, -0.05) is 12.1 Å². The second kappa shape index (κ2) is 6.45. The molecule has 0 N–H and O–H groups in total. The fourth-order valence-electron chi connectivity index (χ4n) is 3.35. The summed E-state index contributed by atoms with van der Waals surface area (Å²) >= 11 is 0. The third kappa shape index (κ3) is 2.90. The molecule has 0 aliphatic carbocycles. The first kappa shape index (κ1) is 17.7. The molecule has 2 aromatic carbocycles. The van der Waals surface area contributed by atoms with Gasteiger partial charge in [-0.25, -0.2) is 17.2 Å². The van der Waals surface area contributed by atoms with E-state index in [4.69, 9.17) is 0 Å². The summed E-state index contributed by atoms with van der Waals surface area (Å²) in [6.45, 7) is 0.997. The first-order valence-electron chi connectivity index (χ1n) is 8.49. The number of hydrogen-bond donors (Lipinski definition) is 0. The Balaban J connectivity index is 1.89. The number of para-hydroxylation sites is 1. The third-order valence-electron chi connectivity index (χ3n) is 4.74. The van der Waals surface area contributed by atoms with Crippen LogP contribution in [0.2, 0.25) is 0 Å². The van der Waals surface area contributed by atoms with E-state index in [-0.39, 0.29) is 21.2 Å². The monoisotopic (exact) mass is 390 g/mol. The van der Waals surface area contributed by atoms with Gasteiger partial charge in [0.15, 0.2) is 16.5 Å². The van der Waals surface area contributed by atoms with Crippen molar-refractivity contribution in [2.45, 2.75) is 17.7 Å². The van der Waals surface area contributed by atoms with Crippen molar-refractivity contribution in [1.82, 2.24) is 4.90 Å². The zero-order valence-corrected chi connectivity index (χ0v) is 15.0. The maximum atomic E-state index is 13.7. The van der Waals surface area contributed by atoms with Crippen LogP contribution in [-0.4, -0.2) is 32.3 Å². The molecule has 2 heterocycles. The number of nitrogens with zero attached hydrogens (tertiary/aromatic N) is 2. The Morgan fingerprint density at radius 2 is 1.67 bits per heavy atom. The largest absolute Gasteiger partial charge is 0.338 e. The summed E-state index contributed by atoms with van der Waals surface area (Å²) in [7, 11) is -4.02. The molecule has 1 amide bonds. The molecule has 0 radical (unpaired) electrons. The van der Waals surface area contributed by atoms with Crippen molar-refractivity contribution in [3.05, 3.63) is 65.2 Å². The lowest BCUT2D eigenvalue weighted by Crippen LogP contribution is -2.35. The molecule has 140 valence electrons. The number of amides is 1. The maximum absolute atomic E-state index is 13.7. The van der Waals surface area contributed by atoms with Crippen molar-refractivity contribution in [2.75, 3.05) is 18.0 Å². The Morgan fingerprint density at radius 1 is 0.963 bits per heavy atom. The lowest BCUT2D eigenvalue weighted by molar-refractivity contribution is -0.125. The average Bonchev–Trinajstić information content (AvgIpc) is 3.19. The van der Waals surface area contributed by atoms with Gasteiger partial charge in [-0.05, 0) is 37.1 Å². The third-order valence-corrected chi connectivity index (χ3v) is 6.52. The number of likely N-dealkylation sites (tertiary alicyclic amines) is 1. The molecular weight excluding hydrogens is 374 g/mol. The zero-order chi connectivity index (χ0) is 19.2. The molecule has 8 heteroatoms. The molecule has 2 aliphatic heterocycles. The standard InChI is InChI=1S/C19H16F2N2O3S/c20-14-8-7-13(11-15(14)21)23-12-18(19(24)22-9-3-4-10-22)27(25,26)17-6-2-1-5-16(17)23/h1-2,5-8,11-12H,3-4,9-10H2. The van der Waals surface area contributed by atoms with Crippen molar-refractivity contribution in [3.8, 4) is 0 Å². The number of carbonyl (C=O) groups is 1. The molecule has 1 fully saturated rings. The lowest BCUT2D eigenvalue weighted by Gasteiger charge is -2.30. The van der Waals surface area contributed by atoms with Crippen LogP contribution in [0.1, 0.15) is 12.8 Å². The van der Waals surface area contributed by atoms with Gasteiger partial charge >= 0.3 is 0 Å². The van der Waals surface area contributed by atoms with E-state index >= 15 is 0 Å². The normalized spacial score (nSPS) is 18.2. The zero-order valence-electron chi connectivity index (χ0n) is 14.2. The SMILES string of the molecule is O=C(C1=CN(c2ccc(F)c(F)c2)c2ccccc2S1(=O)=O)N1CCCC1. The fraction of sp³-hybridized carbons (Fsp3) is 0.211. The summed E-state index contributed by atoms with van der Waals surface area (Å²) in [5.74, 6) is -2.64. The second-order valence-corrected chi connectivity index (χ2v) is 8.32. The molecule has 0 atom stereocenters. The van der Waals surface area contributed by atoms with Crippen molar-refractivity contribution < 1.29 is 22.0 Å².